The SMILES string of the molecule is Cc1ccccc1CNC(=O)CSc1ncnc2ccsc12. The molecule has 3 aromatic rings. The van der Waals surface area contributed by atoms with E-state index < -0.39 is 0 Å². The number of rotatable bonds is 5. The van der Waals surface area contributed by atoms with Crippen LogP contribution in [0.1, 0.15) is 11.1 Å². The van der Waals surface area contributed by atoms with Crippen LogP contribution in [0.15, 0.2) is 47.1 Å². The Bertz CT molecular complexity index is 801. The second kappa shape index (κ2) is 6.89. The fourth-order valence-electron chi connectivity index (χ4n) is 2.06. The molecule has 0 saturated carbocycles. The van der Waals surface area contributed by atoms with Crippen LogP contribution < -0.4 is 5.32 Å². The summed E-state index contributed by atoms with van der Waals surface area (Å²) >= 11 is 3.05. The van der Waals surface area contributed by atoms with Crippen molar-refractivity contribution in [2.75, 3.05) is 5.75 Å². The lowest BCUT2D eigenvalue weighted by molar-refractivity contribution is -0.118. The van der Waals surface area contributed by atoms with Gasteiger partial charge in [-0.3, -0.25) is 4.79 Å². The number of aromatic nitrogens is 2. The molecule has 3 rings (SSSR count). The lowest BCUT2D eigenvalue weighted by atomic mass is 10.1. The number of benzene rings is 1. The number of fused-ring (bicyclic) bond motifs is 1. The molecule has 0 bridgehead atoms. The van der Waals surface area contributed by atoms with E-state index in [4.69, 9.17) is 0 Å². The maximum Gasteiger partial charge on any atom is 0.230 e. The molecule has 112 valence electrons. The van der Waals surface area contributed by atoms with Crippen molar-refractivity contribution in [3.05, 3.63) is 53.2 Å². The van der Waals surface area contributed by atoms with Crippen LogP contribution in [0.4, 0.5) is 0 Å². The number of thioether (sulfide) groups is 1. The third-order valence-electron chi connectivity index (χ3n) is 3.29. The second-order valence-electron chi connectivity index (χ2n) is 4.81. The van der Waals surface area contributed by atoms with E-state index in [1.807, 2.05) is 42.6 Å². The average Bonchev–Trinajstić information content (AvgIpc) is 3.01. The summed E-state index contributed by atoms with van der Waals surface area (Å²) in [5.74, 6) is 0.368. The number of aryl methyl sites for hydroxylation is 1. The van der Waals surface area contributed by atoms with E-state index in [9.17, 15) is 4.79 Å². The molecule has 0 spiro atoms. The summed E-state index contributed by atoms with van der Waals surface area (Å²) in [5.41, 5.74) is 3.26. The van der Waals surface area contributed by atoms with Crippen molar-refractivity contribution in [1.29, 1.82) is 0 Å². The third kappa shape index (κ3) is 3.45. The Morgan fingerprint density at radius 3 is 3.00 bits per heavy atom. The van der Waals surface area contributed by atoms with Gasteiger partial charge in [-0.25, -0.2) is 9.97 Å². The lowest BCUT2D eigenvalue weighted by Gasteiger charge is -2.07. The van der Waals surface area contributed by atoms with E-state index in [2.05, 4.69) is 15.3 Å². The Kier molecular flexibility index (Phi) is 4.70. The van der Waals surface area contributed by atoms with Gasteiger partial charge in [0.1, 0.15) is 11.4 Å². The van der Waals surface area contributed by atoms with Crippen LogP contribution in [0, 0.1) is 6.92 Å². The first kappa shape index (κ1) is 15.0. The van der Waals surface area contributed by atoms with Gasteiger partial charge in [-0.15, -0.1) is 11.3 Å². The first-order valence-electron chi connectivity index (χ1n) is 6.86. The van der Waals surface area contributed by atoms with Crippen LogP contribution in [0.2, 0.25) is 0 Å². The molecule has 0 aliphatic rings. The van der Waals surface area contributed by atoms with Gasteiger partial charge in [0, 0.05) is 6.54 Å². The number of nitrogens with one attached hydrogen (secondary N) is 1. The van der Waals surface area contributed by atoms with E-state index in [1.165, 1.54) is 17.3 Å². The minimum absolute atomic E-state index is 0.0107. The molecule has 4 nitrogen and oxygen atoms in total. The minimum atomic E-state index is 0.0107. The lowest BCUT2D eigenvalue weighted by Crippen LogP contribution is -2.24. The predicted octanol–water partition coefficient (Wildman–Crippen LogP) is 3.41. The quantitative estimate of drug-likeness (QED) is 0.576. The number of amides is 1. The van der Waals surface area contributed by atoms with Gasteiger partial charge in [-0.05, 0) is 29.5 Å². The second-order valence-corrected chi connectivity index (χ2v) is 6.69. The van der Waals surface area contributed by atoms with Crippen molar-refractivity contribution in [3.63, 3.8) is 0 Å². The number of nitrogens with zero attached hydrogens (tertiary/aromatic N) is 2. The van der Waals surface area contributed by atoms with Gasteiger partial charge in [0.05, 0.1) is 16.0 Å². The van der Waals surface area contributed by atoms with Crippen molar-refractivity contribution < 1.29 is 4.79 Å². The number of thiophene rings is 1. The molecule has 0 fully saturated rings. The van der Waals surface area contributed by atoms with Gasteiger partial charge >= 0.3 is 0 Å². The van der Waals surface area contributed by atoms with Crippen LogP contribution in [-0.4, -0.2) is 21.6 Å². The number of carbonyl (C=O) groups excluding carboxylic acids is 1. The Morgan fingerprint density at radius 2 is 2.14 bits per heavy atom. The largest absolute Gasteiger partial charge is 0.351 e. The summed E-state index contributed by atoms with van der Waals surface area (Å²) in [6.07, 6.45) is 1.54. The van der Waals surface area contributed by atoms with Crippen LogP contribution in [0.25, 0.3) is 10.2 Å². The van der Waals surface area contributed by atoms with Gasteiger partial charge in [0.25, 0.3) is 0 Å². The number of carbonyl (C=O) groups is 1. The van der Waals surface area contributed by atoms with Gasteiger partial charge in [0.2, 0.25) is 5.91 Å². The Labute approximate surface area is 137 Å². The Balaban J connectivity index is 1.56. The number of hydrogen-bond donors (Lipinski definition) is 1. The van der Waals surface area contributed by atoms with Crippen molar-refractivity contribution in [2.24, 2.45) is 0 Å². The zero-order chi connectivity index (χ0) is 15.4. The summed E-state index contributed by atoms with van der Waals surface area (Å²) in [4.78, 5) is 20.5. The molecule has 0 unspecified atom stereocenters. The molecule has 0 atom stereocenters. The van der Waals surface area contributed by atoms with Crippen LogP contribution >= 0.6 is 23.1 Å². The monoisotopic (exact) mass is 329 g/mol. The zero-order valence-corrected chi connectivity index (χ0v) is 13.7. The summed E-state index contributed by atoms with van der Waals surface area (Å²) in [7, 11) is 0. The van der Waals surface area contributed by atoms with Crippen molar-refractivity contribution >= 4 is 39.2 Å². The first-order valence-corrected chi connectivity index (χ1v) is 8.73. The number of hydrogen-bond acceptors (Lipinski definition) is 5. The first-order chi connectivity index (χ1) is 10.7. The fraction of sp³-hybridized carbons (Fsp3) is 0.188. The molecule has 1 amide bonds. The summed E-state index contributed by atoms with van der Waals surface area (Å²) in [5, 5.41) is 5.81. The van der Waals surface area contributed by atoms with E-state index >= 15 is 0 Å². The van der Waals surface area contributed by atoms with Gasteiger partial charge < -0.3 is 5.32 Å². The van der Waals surface area contributed by atoms with E-state index in [0.29, 0.717) is 12.3 Å². The maximum absolute atomic E-state index is 12.0. The highest BCUT2D eigenvalue weighted by molar-refractivity contribution is 8.00. The zero-order valence-electron chi connectivity index (χ0n) is 12.1. The van der Waals surface area contributed by atoms with E-state index in [-0.39, 0.29) is 5.91 Å². The molecular weight excluding hydrogens is 314 g/mol. The van der Waals surface area contributed by atoms with E-state index in [0.717, 1.165) is 20.8 Å². The van der Waals surface area contributed by atoms with Crippen LogP contribution in [0.3, 0.4) is 0 Å². The summed E-state index contributed by atoms with van der Waals surface area (Å²) in [6, 6.07) is 10.0. The standard InChI is InChI=1S/C16H15N3OS2/c1-11-4-2-3-5-12(11)8-17-14(20)9-22-16-15-13(6-7-21-15)18-10-19-16/h2-7,10H,8-9H2,1H3,(H,17,20). The highest BCUT2D eigenvalue weighted by Crippen LogP contribution is 2.28. The average molecular weight is 329 g/mol. The smallest absolute Gasteiger partial charge is 0.230 e. The highest BCUT2D eigenvalue weighted by Gasteiger charge is 2.09. The maximum atomic E-state index is 12.0. The minimum Gasteiger partial charge on any atom is -0.351 e. The molecular formula is C16H15N3OS2. The molecule has 6 heteroatoms. The third-order valence-corrected chi connectivity index (χ3v) is 5.32. The topological polar surface area (TPSA) is 54.9 Å². The molecule has 2 heterocycles. The van der Waals surface area contributed by atoms with Crippen molar-refractivity contribution in [3.8, 4) is 0 Å². The molecule has 22 heavy (non-hydrogen) atoms. The van der Waals surface area contributed by atoms with Gasteiger partial charge in [-0.2, -0.15) is 0 Å². The van der Waals surface area contributed by atoms with Crippen LogP contribution in [0.5, 0.6) is 0 Å². The van der Waals surface area contributed by atoms with Crippen molar-refractivity contribution in [1.82, 2.24) is 15.3 Å². The van der Waals surface area contributed by atoms with Crippen LogP contribution in [-0.2, 0) is 11.3 Å². The normalized spacial score (nSPS) is 10.8. The molecule has 0 radical (unpaired) electrons. The van der Waals surface area contributed by atoms with Gasteiger partial charge in [-0.1, -0.05) is 36.0 Å². The van der Waals surface area contributed by atoms with Crippen molar-refractivity contribution in [2.45, 2.75) is 18.5 Å². The van der Waals surface area contributed by atoms with Gasteiger partial charge in [0.15, 0.2) is 0 Å². The molecule has 0 aliphatic carbocycles. The predicted molar refractivity (Wildman–Crippen MR) is 91.2 cm³/mol. The summed E-state index contributed by atoms with van der Waals surface area (Å²) in [6.45, 7) is 2.61. The molecule has 0 saturated heterocycles. The molecule has 1 N–H and O–H groups in total. The molecule has 2 aromatic heterocycles. The summed E-state index contributed by atoms with van der Waals surface area (Å²) < 4.78 is 1.04. The fourth-order valence-corrected chi connectivity index (χ4v) is 3.83. The Morgan fingerprint density at radius 1 is 1.27 bits per heavy atom. The molecule has 1 aromatic carbocycles. The Hall–Kier alpha value is -1.92. The molecule has 0 aliphatic heterocycles. The van der Waals surface area contributed by atoms with E-state index in [1.54, 1.807) is 17.7 Å². The highest BCUT2D eigenvalue weighted by atomic mass is 32.2.